The van der Waals surface area contributed by atoms with Gasteiger partial charge in [-0.05, 0) is 60.2 Å². The first kappa shape index (κ1) is 19.4. The van der Waals surface area contributed by atoms with Crippen molar-refractivity contribution >= 4 is 17.5 Å². The lowest BCUT2D eigenvalue weighted by Gasteiger charge is -2.29. The van der Waals surface area contributed by atoms with Gasteiger partial charge in [0.1, 0.15) is 17.5 Å². The van der Waals surface area contributed by atoms with E-state index in [1.807, 2.05) is 44.2 Å². The van der Waals surface area contributed by atoms with Crippen LogP contribution in [0.2, 0.25) is 0 Å². The molecule has 1 aliphatic rings. The van der Waals surface area contributed by atoms with Gasteiger partial charge in [-0.1, -0.05) is 17.2 Å². The third-order valence-electron chi connectivity index (χ3n) is 4.97. The summed E-state index contributed by atoms with van der Waals surface area (Å²) in [7, 11) is 3.17. The highest BCUT2D eigenvalue weighted by Crippen LogP contribution is 2.40. The molecule has 0 bridgehead atoms. The van der Waals surface area contributed by atoms with Gasteiger partial charge in [0.25, 0.3) is 5.91 Å². The molecule has 2 aromatic carbocycles. The molecule has 0 radical (unpaired) electrons. The number of aromatic nitrogens is 4. The van der Waals surface area contributed by atoms with E-state index in [1.165, 1.54) is 0 Å². The average molecular weight is 406 g/mol. The summed E-state index contributed by atoms with van der Waals surface area (Å²) in [6, 6.07) is 12.4. The van der Waals surface area contributed by atoms with Gasteiger partial charge in [0.05, 0.1) is 19.8 Å². The lowest BCUT2D eigenvalue weighted by Crippen LogP contribution is -2.31. The number of carbonyl (C=O) groups is 1. The maximum Gasteiger partial charge on any atom is 0.255 e. The van der Waals surface area contributed by atoms with Crippen LogP contribution in [-0.2, 0) is 4.79 Å². The van der Waals surface area contributed by atoms with E-state index in [1.54, 1.807) is 31.0 Å². The molecule has 0 saturated heterocycles. The molecule has 0 saturated carbocycles. The summed E-state index contributed by atoms with van der Waals surface area (Å²) < 4.78 is 12.5. The zero-order valence-corrected chi connectivity index (χ0v) is 17.1. The predicted molar refractivity (Wildman–Crippen MR) is 112 cm³/mol. The first-order valence-corrected chi connectivity index (χ1v) is 9.37. The Balaban J connectivity index is 1.83. The van der Waals surface area contributed by atoms with Crippen molar-refractivity contribution in [2.45, 2.75) is 19.9 Å². The normalized spacial score (nSPS) is 15.3. The fraction of sp³-hybridized carbons (Fsp3) is 0.238. The Bertz CT molecular complexity index is 1140. The van der Waals surface area contributed by atoms with Crippen molar-refractivity contribution in [3.05, 3.63) is 64.9 Å². The maximum absolute atomic E-state index is 13.4. The molecule has 1 atom stereocenters. The Hall–Kier alpha value is -3.88. The maximum atomic E-state index is 13.4. The van der Waals surface area contributed by atoms with Gasteiger partial charge in [0.15, 0.2) is 0 Å². The number of amides is 1. The quantitative estimate of drug-likeness (QED) is 0.671. The molecule has 0 spiro atoms. The van der Waals surface area contributed by atoms with Gasteiger partial charge >= 0.3 is 0 Å². The smallest absolute Gasteiger partial charge is 0.255 e. The van der Waals surface area contributed by atoms with Gasteiger partial charge in [0.2, 0.25) is 5.95 Å². The Morgan fingerprint density at radius 3 is 2.70 bits per heavy atom. The number of ether oxygens (including phenoxy) is 2. The largest absolute Gasteiger partial charge is 0.497 e. The fourth-order valence-electron chi connectivity index (χ4n) is 3.57. The Kier molecular flexibility index (Phi) is 5.09. The van der Waals surface area contributed by atoms with Crippen molar-refractivity contribution in [1.29, 1.82) is 0 Å². The van der Waals surface area contributed by atoms with Crippen molar-refractivity contribution in [3.8, 4) is 11.5 Å². The van der Waals surface area contributed by atoms with Gasteiger partial charge in [-0.2, -0.15) is 4.68 Å². The third-order valence-corrected chi connectivity index (χ3v) is 4.97. The molecule has 154 valence electrons. The molecule has 30 heavy (non-hydrogen) atoms. The molecular weight excluding hydrogens is 384 g/mol. The standard InChI is InChI=1S/C21H22N6O3/c1-12-6-5-7-14(10-12)23-20(28)18-13(2)22-21-24-25-26-27(21)19(18)16-11-15(29-3)8-9-17(16)30-4/h5-11,19H,1-4H3,(H,23,28)(H,22,24,26). The van der Waals surface area contributed by atoms with Crippen LogP contribution < -0.4 is 20.1 Å². The van der Waals surface area contributed by atoms with Crippen LogP contribution in [0.4, 0.5) is 11.6 Å². The van der Waals surface area contributed by atoms with Crippen molar-refractivity contribution < 1.29 is 14.3 Å². The van der Waals surface area contributed by atoms with Gasteiger partial charge in [-0.15, -0.1) is 0 Å². The number of hydrogen-bond donors (Lipinski definition) is 2. The second kappa shape index (κ2) is 7.86. The van der Waals surface area contributed by atoms with Gasteiger partial charge < -0.3 is 20.1 Å². The summed E-state index contributed by atoms with van der Waals surface area (Å²) in [4.78, 5) is 13.4. The molecule has 2 heterocycles. The molecule has 0 aliphatic carbocycles. The highest BCUT2D eigenvalue weighted by atomic mass is 16.5. The molecule has 4 rings (SSSR count). The number of nitrogens with one attached hydrogen (secondary N) is 2. The monoisotopic (exact) mass is 406 g/mol. The highest BCUT2D eigenvalue weighted by molar-refractivity contribution is 6.06. The summed E-state index contributed by atoms with van der Waals surface area (Å²) >= 11 is 0. The zero-order valence-electron chi connectivity index (χ0n) is 17.1. The summed E-state index contributed by atoms with van der Waals surface area (Å²) in [6.45, 7) is 3.79. The number of anilines is 2. The summed E-state index contributed by atoms with van der Waals surface area (Å²) in [6.07, 6.45) is 0. The van der Waals surface area contributed by atoms with Crippen LogP contribution in [0, 0.1) is 6.92 Å². The second-order valence-corrected chi connectivity index (χ2v) is 6.94. The molecule has 9 nitrogen and oxygen atoms in total. The van der Waals surface area contributed by atoms with Crippen molar-refractivity contribution in [2.75, 3.05) is 24.9 Å². The second-order valence-electron chi connectivity index (χ2n) is 6.94. The summed E-state index contributed by atoms with van der Waals surface area (Å²) in [5, 5.41) is 18.0. The topological polar surface area (TPSA) is 103 Å². The van der Waals surface area contributed by atoms with Gasteiger partial charge in [-0.3, -0.25) is 4.79 Å². The van der Waals surface area contributed by atoms with Crippen molar-refractivity contribution in [3.63, 3.8) is 0 Å². The van der Waals surface area contributed by atoms with E-state index in [0.29, 0.717) is 40.0 Å². The number of aryl methyl sites for hydroxylation is 1. The van der Waals surface area contributed by atoms with E-state index in [2.05, 4.69) is 26.2 Å². The predicted octanol–water partition coefficient (Wildman–Crippen LogP) is 2.93. The number of carbonyl (C=O) groups excluding carboxylic acids is 1. The van der Waals surface area contributed by atoms with Crippen LogP contribution in [0.15, 0.2) is 53.7 Å². The molecular formula is C21H22N6O3. The zero-order chi connectivity index (χ0) is 21.3. The van der Waals surface area contributed by atoms with Crippen LogP contribution in [0.25, 0.3) is 0 Å². The van der Waals surface area contributed by atoms with Crippen LogP contribution in [-0.4, -0.2) is 40.3 Å². The average Bonchev–Trinajstić information content (AvgIpc) is 3.20. The molecule has 1 amide bonds. The molecule has 1 unspecified atom stereocenters. The first-order chi connectivity index (χ1) is 14.5. The number of nitrogens with zero attached hydrogens (tertiary/aromatic N) is 4. The van der Waals surface area contributed by atoms with Crippen molar-refractivity contribution in [1.82, 2.24) is 20.2 Å². The Morgan fingerprint density at radius 1 is 1.13 bits per heavy atom. The highest BCUT2D eigenvalue weighted by Gasteiger charge is 2.36. The van der Waals surface area contributed by atoms with Crippen LogP contribution in [0.3, 0.4) is 0 Å². The molecule has 0 fully saturated rings. The van der Waals surface area contributed by atoms with Crippen LogP contribution in [0.5, 0.6) is 11.5 Å². The number of benzene rings is 2. The minimum Gasteiger partial charge on any atom is -0.497 e. The summed E-state index contributed by atoms with van der Waals surface area (Å²) in [5.41, 5.74) is 3.59. The molecule has 1 aromatic heterocycles. The number of rotatable bonds is 5. The number of hydrogen-bond acceptors (Lipinski definition) is 7. The van der Waals surface area contributed by atoms with E-state index in [-0.39, 0.29) is 5.91 Å². The molecule has 9 heteroatoms. The fourth-order valence-corrected chi connectivity index (χ4v) is 3.57. The minimum absolute atomic E-state index is 0.262. The number of methoxy groups -OCH3 is 2. The molecule has 2 N–H and O–H groups in total. The van der Waals surface area contributed by atoms with Crippen molar-refractivity contribution in [2.24, 2.45) is 0 Å². The van der Waals surface area contributed by atoms with E-state index >= 15 is 0 Å². The van der Waals surface area contributed by atoms with E-state index in [4.69, 9.17) is 9.47 Å². The summed E-state index contributed by atoms with van der Waals surface area (Å²) in [5.74, 6) is 1.41. The molecule has 3 aromatic rings. The Morgan fingerprint density at radius 2 is 1.97 bits per heavy atom. The number of allylic oxidation sites excluding steroid dienone is 1. The lowest BCUT2D eigenvalue weighted by molar-refractivity contribution is -0.113. The van der Waals surface area contributed by atoms with Crippen LogP contribution >= 0.6 is 0 Å². The first-order valence-electron chi connectivity index (χ1n) is 9.37. The van der Waals surface area contributed by atoms with Gasteiger partial charge in [-0.25, -0.2) is 0 Å². The van der Waals surface area contributed by atoms with E-state index < -0.39 is 6.04 Å². The minimum atomic E-state index is -0.605. The number of tetrazole rings is 1. The molecule has 1 aliphatic heterocycles. The van der Waals surface area contributed by atoms with E-state index in [9.17, 15) is 4.79 Å². The lowest BCUT2D eigenvalue weighted by atomic mass is 9.94. The Labute approximate surface area is 173 Å². The van der Waals surface area contributed by atoms with Gasteiger partial charge in [0, 0.05) is 16.9 Å². The van der Waals surface area contributed by atoms with E-state index in [0.717, 1.165) is 5.56 Å². The van der Waals surface area contributed by atoms with Crippen LogP contribution in [0.1, 0.15) is 24.1 Å². The SMILES string of the molecule is COc1ccc(OC)c(C2C(C(=O)Nc3cccc(C)c3)=C(C)Nc3nnnn32)c1. The third kappa shape index (κ3) is 3.45. The number of fused-ring (bicyclic) bond motifs is 1.